The molecule has 0 aliphatic heterocycles. The number of thiol groups is 2. The highest BCUT2D eigenvalue weighted by molar-refractivity contribution is 7.80. The number of hydrogen-bond donors (Lipinski definition) is 6. The molecule has 2 atom stereocenters. The van der Waals surface area contributed by atoms with Gasteiger partial charge in [-0.05, 0) is 20.5 Å². The molecular formula is C10H26N4S2. The van der Waals surface area contributed by atoms with Gasteiger partial charge in [-0.2, -0.15) is 25.3 Å². The first-order chi connectivity index (χ1) is 7.45. The zero-order valence-corrected chi connectivity index (χ0v) is 12.3. The zero-order valence-electron chi connectivity index (χ0n) is 10.5. The van der Waals surface area contributed by atoms with Gasteiger partial charge in [-0.1, -0.05) is 6.92 Å². The lowest BCUT2D eigenvalue weighted by molar-refractivity contribution is 0.297. The fraction of sp³-hybridized carbons (Fsp3) is 1.00. The number of likely N-dealkylation sites (N-methyl/N-ethyl adjacent to an activating group) is 2. The van der Waals surface area contributed by atoms with Gasteiger partial charge in [-0.3, -0.25) is 5.32 Å². The average molecular weight is 266 g/mol. The van der Waals surface area contributed by atoms with Crippen LogP contribution in [0.15, 0.2) is 0 Å². The van der Waals surface area contributed by atoms with E-state index in [4.69, 9.17) is 5.73 Å². The van der Waals surface area contributed by atoms with Crippen LogP contribution in [-0.2, 0) is 0 Å². The van der Waals surface area contributed by atoms with Crippen molar-refractivity contribution in [2.75, 3.05) is 38.2 Å². The summed E-state index contributed by atoms with van der Waals surface area (Å²) in [4.78, 5) is 0. The zero-order chi connectivity index (χ0) is 12.7. The number of rotatable bonds is 9. The van der Waals surface area contributed by atoms with Crippen molar-refractivity contribution in [1.82, 2.24) is 16.0 Å². The van der Waals surface area contributed by atoms with E-state index >= 15 is 0 Å². The summed E-state index contributed by atoms with van der Waals surface area (Å²) in [5.41, 5.74) is 5.65. The second kappa shape index (κ2) is 7.79. The first kappa shape index (κ1) is 16.5. The highest BCUT2D eigenvalue weighted by atomic mass is 32.1. The minimum atomic E-state index is -0.475. The minimum absolute atomic E-state index is 0.0425. The maximum absolute atomic E-state index is 6.16. The van der Waals surface area contributed by atoms with Crippen molar-refractivity contribution in [3.05, 3.63) is 0 Å². The monoisotopic (exact) mass is 266 g/mol. The second-order valence-electron chi connectivity index (χ2n) is 4.45. The van der Waals surface area contributed by atoms with Crippen LogP contribution < -0.4 is 21.7 Å². The van der Waals surface area contributed by atoms with Crippen LogP contribution in [-0.4, -0.2) is 49.4 Å². The lowest BCUT2D eigenvalue weighted by atomic mass is 10.0. The molecule has 98 valence electrons. The number of nitrogens with two attached hydrogens (primary N) is 1. The summed E-state index contributed by atoms with van der Waals surface area (Å²) in [7, 11) is 1.88. The van der Waals surface area contributed by atoms with Crippen molar-refractivity contribution in [2.24, 2.45) is 5.73 Å². The molecule has 0 bridgehead atoms. The Morgan fingerprint density at radius 1 is 1.12 bits per heavy atom. The van der Waals surface area contributed by atoms with Crippen molar-refractivity contribution in [1.29, 1.82) is 0 Å². The number of hydrogen-bond acceptors (Lipinski definition) is 6. The van der Waals surface area contributed by atoms with E-state index in [0.29, 0.717) is 12.3 Å². The molecule has 0 fully saturated rings. The Hall–Kier alpha value is 0.540. The molecule has 0 aromatic heterocycles. The predicted molar refractivity (Wildman–Crippen MR) is 78.6 cm³/mol. The van der Waals surface area contributed by atoms with E-state index in [0.717, 1.165) is 18.8 Å². The molecule has 16 heavy (non-hydrogen) atoms. The summed E-state index contributed by atoms with van der Waals surface area (Å²) in [6.07, 6.45) is 0. The molecule has 0 aliphatic rings. The van der Waals surface area contributed by atoms with Crippen LogP contribution in [0.25, 0.3) is 0 Å². The maximum atomic E-state index is 6.16. The van der Waals surface area contributed by atoms with Crippen molar-refractivity contribution in [3.8, 4) is 0 Å². The highest BCUT2D eigenvalue weighted by Crippen LogP contribution is 2.07. The molecule has 5 N–H and O–H groups in total. The van der Waals surface area contributed by atoms with Crippen LogP contribution in [0, 0.1) is 0 Å². The lowest BCUT2D eigenvalue weighted by Gasteiger charge is -2.36. The van der Waals surface area contributed by atoms with E-state index in [1.54, 1.807) is 0 Å². The summed E-state index contributed by atoms with van der Waals surface area (Å²) in [5, 5.41) is 9.83. The van der Waals surface area contributed by atoms with Gasteiger partial charge < -0.3 is 16.4 Å². The molecule has 0 amide bonds. The van der Waals surface area contributed by atoms with Crippen molar-refractivity contribution >= 4 is 25.3 Å². The van der Waals surface area contributed by atoms with Gasteiger partial charge in [0.15, 0.2) is 0 Å². The fourth-order valence-corrected chi connectivity index (χ4v) is 1.91. The molecule has 0 aromatic carbocycles. The molecular weight excluding hydrogens is 240 g/mol. The fourth-order valence-electron chi connectivity index (χ4n) is 1.46. The van der Waals surface area contributed by atoms with E-state index in [1.165, 1.54) is 0 Å². The Balaban J connectivity index is 4.26. The third-order valence-electron chi connectivity index (χ3n) is 2.56. The quantitative estimate of drug-likeness (QED) is 0.256. The summed E-state index contributed by atoms with van der Waals surface area (Å²) in [5.74, 6) is 1.35. The average Bonchev–Trinajstić information content (AvgIpc) is 2.27. The normalized spacial score (nSPS) is 19.1. The molecule has 0 rings (SSSR count). The van der Waals surface area contributed by atoms with Crippen LogP contribution in [0.3, 0.4) is 0 Å². The molecule has 0 aliphatic carbocycles. The molecule has 0 saturated heterocycles. The smallest absolute Gasteiger partial charge is 0.0880 e. The van der Waals surface area contributed by atoms with E-state index in [2.05, 4.69) is 55.1 Å². The van der Waals surface area contributed by atoms with Crippen LogP contribution in [0.4, 0.5) is 0 Å². The highest BCUT2D eigenvalue weighted by Gasteiger charge is 2.27. The van der Waals surface area contributed by atoms with Gasteiger partial charge >= 0.3 is 0 Å². The Bertz CT molecular complexity index is 174. The summed E-state index contributed by atoms with van der Waals surface area (Å²) in [6, 6.07) is 0. The van der Waals surface area contributed by atoms with Gasteiger partial charge in [0.2, 0.25) is 0 Å². The molecule has 6 heteroatoms. The second-order valence-corrected chi connectivity index (χ2v) is 5.08. The molecule has 0 radical (unpaired) electrons. The Kier molecular flexibility index (Phi) is 8.05. The summed E-state index contributed by atoms with van der Waals surface area (Å²) < 4.78 is 0. The third-order valence-corrected chi connectivity index (χ3v) is 3.82. The van der Waals surface area contributed by atoms with Gasteiger partial charge in [0.25, 0.3) is 0 Å². The largest absolute Gasteiger partial charge is 0.317 e. The van der Waals surface area contributed by atoms with Gasteiger partial charge in [-0.15, -0.1) is 0 Å². The molecule has 0 spiro atoms. The standard InChI is InChI=1S/C10H26N4S2/c1-4-13-9(2,7-15)5-14-10(11,8-16)6-12-3/h12-16H,4-8,11H2,1-3H3. The number of nitrogens with one attached hydrogen (secondary N) is 3. The molecule has 4 nitrogen and oxygen atoms in total. The van der Waals surface area contributed by atoms with Crippen LogP contribution >= 0.6 is 25.3 Å². The lowest BCUT2D eigenvalue weighted by Crippen LogP contribution is -2.65. The SMILES string of the molecule is CCNC(C)(CS)CNC(N)(CS)CNC. The van der Waals surface area contributed by atoms with Gasteiger partial charge in [0.1, 0.15) is 0 Å². The molecule has 0 aromatic rings. The molecule has 2 unspecified atom stereocenters. The Morgan fingerprint density at radius 2 is 1.75 bits per heavy atom. The van der Waals surface area contributed by atoms with Gasteiger partial charge in [-0.25, -0.2) is 0 Å². The topological polar surface area (TPSA) is 62.1 Å². The van der Waals surface area contributed by atoms with E-state index in [9.17, 15) is 0 Å². The first-order valence-corrected chi connectivity index (χ1v) is 6.87. The van der Waals surface area contributed by atoms with Crippen LogP contribution in [0.2, 0.25) is 0 Å². The van der Waals surface area contributed by atoms with Crippen molar-refractivity contribution < 1.29 is 0 Å². The first-order valence-electron chi connectivity index (χ1n) is 5.60. The van der Waals surface area contributed by atoms with E-state index in [1.807, 2.05) is 7.05 Å². The van der Waals surface area contributed by atoms with E-state index < -0.39 is 5.66 Å². The summed E-state index contributed by atoms with van der Waals surface area (Å²) >= 11 is 8.65. The van der Waals surface area contributed by atoms with Crippen LogP contribution in [0.1, 0.15) is 13.8 Å². The maximum Gasteiger partial charge on any atom is 0.0880 e. The van der Waals surface area contributed by atoms with Crippen molar-refractivity contribution in [3.63, 3.8) is 0 Å². The predicted octanol–water partition coefficient (Wildman–Crippen LogP) is -0.322. The third kappa shape index (κ3) is 5.75. The van der Waals surface area contributed by atoms with E-state index in [-0.39, 0.29) is 5.54 Å². The van der Waals surface area contributed by atoms with Gasteiger partial charge in [0, 0.05) is 30.1 Å². The Morgan fingerprint density at radius 3 is 2.12 bits per heavy atom. The Labute approximate surface area is 110 Å². The van der Waals surface area contributed by atoms with Crippen LogP contribution in [0.5, 0.6) is 0 Å². The minimum Gasteiger partial charge on any atom is -0.317 e. The summed E-state index contributed by atoms with van der Waals surface area (Å²) in [6.45, 7) is 6.59. The van der Waals surface area contributed by atoms with Gasteiger partial charge in [0.05, 0.1) is 5.66 Å². The molecule has 0 heterocycles. The van der Waals surface area contributed by atoms with Crippen molar-refractivity contribution in [2.45, 2.75) is 25.0 Å². The molecule has 0 saturated carbocycles.